The Labute approximate surface area is 174 Å². The molecule has 1 amide bonds. The van der Waals surface area contributed by atoms with Crippen LogP contribution in [0.2, 0.25) is 5.02 Å². The minimum absolute atomic E-state index is 0.195. The van der Waals surface area contributed by atoms with Crippen LogP contribution in [0.4, 0.5) is 5.69 Å². The summed E-state index contributed by atoms with van der Waals surface area (Å²) in [6.45, 7) is 2.33. The second-order valence-corrected chi connectivity index (χ2v) is 7.53. The molecule has 1 N–H and O–H groups in total. The zero-order valence-electron chi connectivity index (χ0n) is 16.1. The van der Waals surface area contributed by atoms with Crippen molar-refractivity contribution in [2.75, 3.05) is 11.9 Å². The molecule has 0 bridgehead atoms. The number of rotatable bonds is 5. The first-order chi connectivity index (χ1) is 14.1. The lowest BCUT2D eigenvalue weighted by Gasteiger charge is -2.13. The monoisotopic (exact) mass is 408 g/mol. The first-order valence-corrected chi connectivity index (χ1v) is 10.1. The van der Waals surface area contributed by atoms with E-state index in [2.05, 4.69) is 5.32 Å². The van der Waals surface area contributed by atoms with Gasteiger partial charge in [0.1, 0.15) is 0 Å². The predicted molar refractivity (Wildman–Crippen MR) is 114 cm³/mol. The van der Waals surface area contributed by atoms with Crippen LogP contribution in [-0.2, 0) is 17.6 Å². The van der Waals surface area contributed by atoms with E-state index in [1.165, 1.54) is 0 Å². The molecular formula is C23H21ClN2O3. The van der Waals surface area contributed by atoms with E-state index >= 15 is 0 Å². The Morgan fingerprint density at radius 1 is 1.14 bits per heavy atom. The summed E-state index contributed by atoms with van der Waals surface area (Å²) < 4.78 is 5.13. The van der Waals surface area contributed by atoms with Gasteiger partial charge < -0.3 is 10.1 Å². The number of hydrogen-bond acceptors (Lipinski definition) is 4. The summed E-state index contributed by atoms with van der Waals surface area (Å²) in [7, 11) is 0. The normalized spacial score (nSPS) is 12.6. The number of nitrogens with one attached hydrogen (secondary N) is 1. The highest BCUT2D eigenvalue weighted by Gasteiger charge is 2.24. The van der Waals surface area contributed by atoms with Crippen LogP contribution >= 0.6 is 11.6 Å². The second kappa shape index (κ2) is 8.21. The van der Waals surface area contributed by atoms with Crippen LogP contribution in [0.5, 0.6) is 0 Å². The summed E-state index contributed by atoms with van der Waals surface area (Å²) in [4.78, 5) is 29.8. The Kier molecular flexibility index (Phi) is 5.49. The van der Waals surface area contributed by atoms with E-state index in [1.807, 2.05) is 13.0 Å². The van der Waals surface area contributed by atoms with Crippen LogP contribution in [0.25, 0.3) is 10.9 Å². The maximum absolute atomic E-state index is 13.2. The average Bonchev–Trinajstić information content (AvgIpc) is 3.18. The van der Waals surface area contributed by atoms with Crippen LogP contribution < -0.4 is 5.32 Å². The number of anilines is 1. The first-order valence-electron chi connectivity index (χ1n) is 9.76. The van der Waals surface area contributed by atoms with Crippen molar-refractivity contribution in [2.45, 2.75) is 32.6 Å². The van der Waals surface area contributed by atoms with E-state index in [-0.39, 0.29) is 11.9 Å². The maximum atomic E-state index is 13.2. The molecule has 6 heteroatoms. The third-order valence-electron chi connectivity index (χ3n) is 5.02. The van der Waals surface area contributed by atoms with Crippen molar-refractivity contribution in [1.82, 2.24) is 4.98 Å². The van der Waals surface area contributed by atoms with Crippen LogP contribution in [0.15, 0.2) is 42.5 Å². The van der Waals surface area contributed by atoms with Gasteiger partial charge in [0.05, 0.1) is 23.3 Å². The number of benzene rings is 2. The van der Waals surface area contributed by atoms with Gasteiger partial charge in [0.15, 0.2) is 0 Å². The molecular weight excluding hydrogens is 388 g/mol. The number of nitrogens with zero attached hydrogens (tertiary/aromatic N) is 1. The highest BCUT2D eigenvalue weighted by molar-refractivity contribution is 6.31. The smallest absolute Gasteiger partial charge is 0.338 e. The summed E-state index contributed by atoms with van der Waals surface area (Å²) in [6, 6.07) is 12.2. The number of amides is 1. The van der Waals surface area contributed by atoms with E-state index < -0.39 is 0 Å². The topological polar surface area (TPSA) is 68.3 Å². The Hall–Kier alpha value is -2.92. The van der Waals surface area contributed by atoms with Gasteiger partial charge in [0, 0.05) is 21.8 Å². The van der Waals surface area contributed by atoms with Crippen LogP contribution in [0.1, 0.15) is 51.7 Å². The number of fused-ring (bicyclic) bond motifs is 2. The van der Waals surface area contributed by atoms with Crippen molar-refractivity contribution in [3.05, 3.63) is 69.9 Å². The Bertz CT molecular complexity index is 1090. The highest BCUT2D eigenvalue weighted by atomic mass is 35.5. The van der Waals surface area contributed by atoms with Crippen molar-refractivity contribution in [2.24, 2.45) is 0 Å². The van der Waals surface area contributed by atoms with Gasteiger partial charge in [0.25, 0.3) is 5.91 Å². The van der Waals surface area contributed by atoms with E-state index in [0.29, 0.717) is 28.4 Å². The Morgan fingerprint density at radius 2 is 1.93 bits per heavy atom. The lowest BCUT2D eigenvalue weighted by molar-refractivity contribution is 0.0505. The molecule has 1 aromatic heterocycles. The molecule has 0 unspecified atom stereocenters. The zero-order chi connectivity index (χ0) is 20.4. The first kappa shape index (κ1) is 19.4. The lowest BCUT2D eigenvalue weighted by atomic mass is 10.0. The SMILES string of the molecule is CCCOC(=O)c1ccc(NC(=O)c2c3c(nc4ccc(Cl)cc24)CCC3)cc1. The van der Waals surface area contributed by atoms with Gasteiger partial charge >= 0.3 is 5.97 Å². The van der Waals surface area contributed by atoms with Gasteiger partial charge in [0.2, 0.25) is 0 Å². The lowest BCUT2D eigenvalue weighted by Crippen LogP contribution is -2.16. The molecule has 1 aliphatic carbocycles. The minimum atomic E-state index is -0.364. The molecule has 0 radical (unpaired) electrons. The van der Waals surface area contributed by atoms with Gasteiger partial charge in [-0.2, -0.15) is 0 Å². The number of ether oxygens (including phenoxy) is 1. The highest BCUT2D eigenvalue weighted by Crippen LogP contribution is 2.32. The molecule has 4 rings (SSSR count). The molecule has 1 heterocycles. The van der Waals surface area contributed by atoms with Crippen LogP contribution in [0, 0.1) is 0 Å². The molecule has 0 saturated heterocycles. The van der Waals surface area contributed by atoms with Crippen LogP contribution in [-0.4, -0.2) is 23.5 Å². The van der Waals surface area contributed by atoms with Crippen molar-refractivity contribution < 1.29 is 14.3 Å². The number of aryl methyl sites for hydroxylation is 1. The Morgan fingerprint density at radius 3 is 2.69 bits per heavy atom. The summed E-state index contributed by atoms with van der Waals surface area (Å²) in [5.41, 5.74) is 4.46. The molecule has 148 valence electrons. The number of carbonyl (C=O) groups excluding carboxylic acids is 2. The number of carbonyl (C=O) groups is 2. The summed E-state index contributed by atoms with van der Waals surface area (Å²) in [5, 5.41) is 4.28. The standard InChI is InChI=1S/C23H21ClN2O3/c1-2-12-29-23(28)14-6-9-16(10-7-14)25-22(27)21-17-4-3-5-19(17)26-20-11-8-15(24)13-18(20)21/h6-11,13H,2-5,12H2,1H3,(H,25,27). The van der Waals surface area contributed by atoms with Crippen molar-refractivity contribution in [3.8, 4) is 0 Å². The van der Waals surface area contributed by atoms with Crippen molar-refractivity contribution in [3.63, 3.8) is 0 Å². The molecule has 3 aromatic rings. The third-order valence-corrected chi connectivity index (χ3v) is 5.25. The van der Waals surface area contributed by atoms with E-state index in [9.17, 15) is 9.59 Å². The molecule has 5 nitrogen and oxygen atoms in total. The van der Waals surface area contributed by atoms with Gasteiger partial charge in [-0.3, -0.25) is 9.78 Å². The number of halogens is 1. The van der Waals surface area contributed by atoms with E-state index in [0.717, 1.165) is 47.8 Å². The molecule has 29 heavy (non-hydrogen) atoms. The van der Waals surface area contributed by atoms with E-state index in [4.69, 9.17) is 21.3 Å². The molecule has 2 aromatic carbocycles. The molecule has 0 fully saturated rings. The fourth-order valence-electron chi connectivity index (χ4n) is 3.66. The number of aromatic nitrogens is 1. The Balaban J connectivity index is 1.63. The predicted octanol–water partition coefficient (Wildman–Crippen LogP) is 5.20. The maximum Gasteiger partial charge on any atom is 0.338 e. The molecule has 1 aliphatic rings. The van der Waals surface area contributed by atoms with Gasteiger partial charge in [-0.1, -0.05) is 18.5 Å². The second-order valence-electron chi connectivity index (χ2n) is 7.09. The fraction of sp³-hybridized carbons (Fsp3) is 0.261. The molecule has 0 atom stereocenters. The largest absolute Gasteiger partial charge is 0.462 e. The van der Waals surface area contributed by atoms with Gasteiger partial charge in [-0.15, -0.1) is 0 Å². The number of pyridine rings is 1. The quantitative estimate of drug-likeness (QED) is 0.589. The van der Waals surface area contributed by atoms with E-state index in [1.54, 1.807) is 36.4 Å². The van der Waals surface area contributed by atoms with Crippen molar-refractivity contribution in [1.29, 1.82) is 0 Å². The summed E-state index contributed by atoms with van der Waals surface area (Å²) in [5.74, 6) is -0.559. The minimum Gasteiger partial charge on any atom is -0.462 e. The van der Waals surface area contributed by atoms with Crippen molar-refractivity contribution >= 4 is 40.1 Å². The zero-order valence-corrected chi connectivity index (χ0v) is 16.9. The molecule has 0 aliphatic heterocycles. The fourth-order valence-corrected chi connectivity index (χ4v) is 3.83. The molecule has 0 saturated carbocycles. The van der Waals surface area contributed by atoms with Crippen LogP contribution in [0.3, 0.4) is 0 Å². The van der Waals surface area contributed by atoms with Gasteiger partial charge in [-0.25, -0.2) is 4.79 Å². The third kappa shape index (κ3) is 3.96. The summed E-state index contributed by atoms with van der Waals surface area (Å²) in [6.07, 6.45) is 3.47. The molecule has 0 spiro atoms. The number of esters is 1. The summed E-state index contributed by atoms with van der Waals surface area (Å²) >= 11 is 6.19. The van der Waals surface area contributed by atoms with Gasteiger partial charge in [-0.05, 0) is 73.7 Å². The average molecular weight is 409 g/mol. The number of hydrogen-bond donors (Lipinski definition) is 1.